The summed E-state index contributed by atoms with van der Waals surface area (Å²) in [5.41, 5.74) is 1.55. The molecular weight excluding hydrogens is 186 g/mol. The van der Waals surface area contributed by atoms with Crippen LogP contribution in [0.4, 0.5) is 0 Å². The molecular formula is C9H13NO4. The minimum absolute atomic E-state index is 0.217. The highest BCUT2D eigenvalue weighted by molar-refractivity contribution is 5.71. The molecule has 0 fully saturated rings. The molecule has 0 amide bonds. The molecule has 0 bridgehead atoms. The van der Waals surface area contributed by atoms with Crippen molar-refractivity contribution in [2.45, 2.75) is 33.5 Å². The molecule has 1 rings (SSSR count). The van der Waals surface area contributed by atoms with Gasteiger partial charge in [-0.3, -0.25) is 0 Å². The highest BCUT2D eigenvalue weighted by atomic mass is 16.5. The van der Waals surface area contributed by atoms with Crippen molar-refractivity contribution in [3.63, 3.8) is 0 Å². The van der Waals surface area contributed by atoms with E-state index >= 15 is 0 Å². The summed E-state index contributed by atoms with van der Waals surface area (Å²) in [6.45, 7) is 5.26. The smallest absolute Gasteiger partial charge is 0.332 e. The normalized spacial score (nSPS) is 12.8. The van der Waals surface area contributed by atoms with E-state index in [1.54, 1.807) is 13.8 Å². The molecule has 0 radical (unpaired) electrons. The summed E-state index contributed by atoms with van der Waals surface area (Å²) < 4.78 is 10.0. The average molecular weight is 199 g/mol. The number of aryl methyl sites for hydroxylation is 2. The van der Waals surface area contributed by atoms with Crippen LogP contribution in [-0.4, -0.2) is 22.3 Å². The van der Waals surface area contributed by atoms with Crippen LogP contribution < -0.4 is 0 Å². The van der Waals surface area contributed by atoms with Crippen LogP contribution >= 0.6 is 0 Å². The number of ether oxygens (including phenoxy) is 1. The number of hydrogen-bond acceptors (Lipinski definition) is 4. The highest BCUT2D eigenvalue weighted by Crippen LogP contribution is 2.14. The first-order valence-electron chi connectivity index (χ1n) is 4.28. The monoisotopic (exact) mass is 199 g/mol. The van der Waals surface area contributed by atoms with Crippen molar-refractivity contribution in [1.82, 2.24) is 5.16 Å². The number of hydrogen-bond donors (Lipinski definition) is 1. The maximum Gasteiger partial charge on any atom is 0.332 e. The van der Waals surface area contributed by atoms with Crippen molar-refractivity contribution >= 4 is 5.97 Å². The summed E-state index contributed by atoms with van der Waals surface area (Å²) in [5, 5.41) is 12.3. The lowest BCUT2D eigenvalue weighted by molar-refractivity contribution is -0.149. The molecule has 1 N–H and O–H groups in total. The summed E-state index contributed by atoms with van der Waals surface area (Å²) in [7, 11) is 0. The zero-order valence-corrected chi connectivity index (χ0v) is 8.40. The fraction of sp³-hybridized carbons (Fsp3) is 0.556. The Balaban J connectivity index is 2.57. The molecule has 5 heteroatoms. The standard InChI is InChI=1S/C9H13NO4/c1-5-8(6(2)14-10-5)4-13-7(3)9(11)12/h7H,4H2,1-3H3,(H,11,12)/t7-/m0/s1. The van der Waals surface area contributed by atoms with Gasteiger partial charge in [0, 0.05) is 5.56 Å². The molecule has 1 heterocycles. The Morgan fingerprint density at radius 2 is 2.29 bits per heavy atom. The molecule has 0 aliphatic heterocycles. The van der Waals surface area contributed by atoms with Gasteiger partial charge in [-0.05, 0) is 20.8 Å². The number of nitrogens with zero attached hydrogens (tertiary/aromatic N) is 1. The summed E-state index contributed by atoms with van der Waals surface area (Å²) in [5.74, 6) is -0.308. The number of aliphatic carboxylic acids is 1. The first-order valence-corrected chi connectivity index (χ1v) is 4.28. The Kier molecular flexibility index (Phi) is 3.24. The van der Waals surface area contributed by atoms with Gasteiger partial charge in [0.15, 0.2) is 6.10 Å². The number of rotatable bonds is 4. The van der Waals surface area contributed by atoms with E-state index < -0.39 is 12.1 Å². The molecule has 0 saturated heterocycles. The first kappa shape index (κ1) is 10.7. The van der Waals surface area contributed by atoms with Crippen molar-refractivity contribution in [3.8, 4) is 0 Å². The summed E-state index contributed by atoms with van der Waals surface area (Å²) in [6, 6.07) is 0. The van der Waals surface area contributed by atoms with Crippen LogP contribution in [0.1, 0.15) is 23.9 Å². The lowest BCUT2D eigenvalue weighted by Gasteiger charge is -2.07. The van der Waals surface area contributed by atoms with Gasteiger partial charge in [0.1, 0.15) is 5.76 Å². The van der Waals surface area contributed by atoms with E-state index in [9.17, 15) is 4.79 Å². The Bertz CT molecular complexity index is 312. The van der Waals surface area contributed by atoms with E-state index in [0.717, 1.165) is 11.3 Å². The summed E-state index contributed by atoms with van der Waals surface area (Å²) in [4.78, 5) is 10.5. The third-order valence-corrected chi connectivity index (χ3v) is 2.01. The van der Waals surface area contributed by atoms with Crippen molar-refractivity contribution in [2.24, 2.45) is 0 Å². The van der Waals surface area contributed by atoms with Gasteiger partial charge in [-0.15, -0.1) is 0 Å². The second-order valence-electron chi connectivity index (χ2n) is 3.09. The van der Waals surface area contributed by atoms with E-state index in [1.165, 1.54) is 6.92 Å². The number of carbonyl (C=O) groups is 1. The zero-order valence-electron chi connectivity index (χ0n) is 8.40. The molecule has 1 aromatic rings. The maximum atomic E-state index is 10.5. The largest absolute Gasteiger partial charge is 0.479 e. The van der Waals surface area contributed by atoms with Crippen LogP contribution in [-0.2, 0) is 16.1 Å². The summed E-state index contributed by atoms with van der Waals surface area (Å²) in [6.07, 6.45) is -0.816. The Hall–Kier alpha value is -1.36. The van der Waals surface area contributed by atoms with Crippen LogP contribution in [0.3, 0.4) is 0 Å². The van der Waals surface area contributed by atoms with Gasteiger partial charge in [-0.25, -0.2) is 4.79 Å². The lowest BCUT2D eigenvalue weighted by Crippen LogP contribution is -2.19. The van der Waals surface area contributed by atoms with Crippen molar-refractivity contribution in [3.05, 3.63) is 17.0 Å². The fourth-order valence-electron chi connectivity index (χ4n) is 0.988. The van der Waals surface area contributed by atoms with E-state index in [1.807, 2.05) is 0 Å². The quantitative estimate of drug-likeness (QED) is 0.790. The van der Waals surface area contributed by atoms with Crippen molar-refractivity contribution in [2.75, 3.05) is 0 Å². The van der Waals surface area contributed by atoms with E-state index in [4.69, 9.17) is 14.4 Å². The third kappa shape index (κ3) is 2.32. The van der Waals surface area contributed by atoms with Crippen LogP contribution in [0, 0.1) is 13.8 Å². The van der Waals surface area contributed by atoms with Gasteiger partial charge < -0.3 is 14.4 Å². The average Bonchev–Trinajstić information content (AvgIpc) is 2.43. The third-order valence-electron chi connectivity index (χ3n) is 2.01. The van der Waals surface area contributed by atoms with E-state index in [-0.39, 0.29) is 6.61 Å². The van der Waals surface area contributed by atoms with Gasteiger partial charge in [0.25, 0.3) is 0 Å². The molecule has 1 aromatic heterocycles. The van der Waals surface area contributed by atoms with Crippen LogP contribution in [0.2, 0.25) is 0 Å². The lowest BCUT2D eigenvalue weighted by atomic mass is 10.2. The molecule has 0 aliphatic carbocycles. The van der Waals surface area contributed by atoms with Crippen LogP contribution in [0.5, 0.6) is 0 Å². The second-order valence-corrected chi connectivity index (χ2v) is 3.09. The van der Waals surface area contributed by atoms with E-state index in [2.05, 4.69) is 5.16 Å². The zero-order chi connectivity index (χ0) is 10.7. The van der Waals surface area contributed by atoms with Crippen molar-refractivity contribution < 1.29 is 19.2 Å². The van der Waals surface area contributed by atoms with Gasteiger partial charge in [0.2, 0.25) is 0 Å². The van der Waals surface area contributed by atoms with E-state index in [0.29, 0.717) is 5.76 Å². The Morgan fingerprint density at radius 3 is 2.71 bits per heavy atom. The molecule has 14 heavy (non-hydrogen) atoms. The molecule has 0 aromatic carbocycles. The highest BCUT2D eigenvalue weighted by Gasteiger charge is 2.14. The number of aromatic nitrogens is 1. The van der Waals surface area contributed by atoms with Gasteiger partial charge in [0.05, 0.1) is 12.3 Å². The molecule has 78 valence electrons. The second kappa shape index (κ2) is 4.23. The molecule has 0 unspecified atom stereocenters. The van der Waals surface area contributed by atoms with Gasteiger partial charge >= 0.3 is 5.97 Å². The maximum absolute atomic E-state index is 10.5. The predicted molar refractivity (Wildman–Crippen MR) is 47.9 cm³/mol. The van der Waals surface area contributed by atoms with Gasteiger partial charge in [-0.1, -0.05) is 5.16 Å². The topological polar surface area (TPSA) is 72.6 Å². The van der Waals surface area contributed by atoms with Crippen LogP contribution in [0.25, 0.3) is 0 Å². The minimum atomic E-state index is -0.975. The minimum Gasteiger partial charge on any atom is -0.479 e. The van der Waals surface area contributed by atoms with Crippen molar-refractivity contribution in [1.29, 1.82) is 0 Å². The Morgan fingerprint density at radius 1 is 1.64 bits per heavy atom. The fourth-order valence-corrected chi connectivity index (χ4v) is 0.988. The molecule has 0 saturated carbocycles. The summed E-state index contributed by atoms with van der Waals surface area (Å²) >= 11 is 0. The van der Waals surface area contributed by atoms with Crippen LogP contribution in [0.15, 0.2) is 4.52 Å². The van der Waals surface area contributed by atoms with Gasteiger partial charge in [-0.2, -0.15) is 0 Å². The number of carboxylic acids is 1. The SMILES string of the molecule is Cc1noc(C)c1CO[C@@H](C)C(=O)O. The Labute approximate surface area is 81.7 Å². The molecule has 1 atom stereocenters. The molecule has 0 spiro atoms. The molecule has 5 nitrogen and oxygen atoms in total. The predicted octanol–water partition coefficient (Wildman–Crippen LogP) is 1.28. The first-order chi connectivity index (χ1) is 6.52. The number of carboxylic acid groups (broad SMARTS) is 1. The molecule has 0 aliphatic rings.